The van der Waals surface area contributed by atoms with Crippen molar-refractivity contribution in [2.24, 2.45) is 11.8 Å². The second-order valence-electron chi connectivity index (χ2n) is 8.41. The molecule has 0 spiro atoms. The first-order chi connectivity index (χ1) is 14.7. The lowest BCUT2D eigenvalue weighted by molar-refractivity contribution is -0.111. The molecular weight excluding hydrogens is 374 g/mol. The lowest BCUT2D eigenvalue weighted by Gasteiger charge is -2.31. The number of hydrogen-bond acceptors (Lipinski definition) is 5. The third-order valence-electron chi connectivity index (χ3n) is 6.35. The number of aromatic nitrogens is 2. The van der Waals surface area contributed by atoms with Gasteiger partial charge in [-0.2, -0.15) is 0 Å². The van der Waals surface area contributed by atoms with Crippen LogP contribution in [0.25, 0.3) is 5.57 Å². The van der Waals surface area contributed by atoms with Crippen LogP contribution in [-0.2, 0) is 11.2 Å². The van der Waals surface area contributed by atoms with Crippen LogP contribution in [0.3, 0.4) is 0 Å². The van der Waals surface area contributed by atoms with Crippen LogP contribution in [0.15, 0.2) is 42.7 Å². The van der Waals surface area contributed by atoms with Crippen molar-refractivity contribution in [3.63, 3.8) is 0 Å². The maximum absolute atomic E-state index is 10.9. The molecule has 2 aromatic rings. The van der Waals surface area contributed by atoms with Gasteiger partial charge in [-0.25, -0.2) is 9.97 Å². The van der Waals surface area contributed by atoms with E-state index in [0.29, 0.717) is 5.92 Å². The molecule has 1 atom stereocenters. The molecule has 1 aliphatic heterocycles. The van der Waals surface area contributed by atoms with Crippen molar-refractivity contribution in [3.8, 4) is 5.75 Å². The molecule has 1 fully saturated rings. The second-order valence-corrected chi connectivity index (χ2v) is 8.41. The van der Waals surface area contributed by atoms with Gasteiger partial charge in [-0.15, -0.1) is 0 Å². The van der Waals surface area contributed by atoms with E-state index in [0.717, 1.165) is 76.2 Å². The number of carbonyl (C=O) groups is 1. The molecule has 1 saturated heterocycles. The highest BCUT2D eigenvalue weighted by Gasteiger charge is 2.21. The van der Waals surface area contributed by atoms with Crippen molar-refractivity contribution in [3.05, 3.63) is 53.9 Å². The molecule has 158 valence electrons. The molecule has 1 aliphatic carbocycles. The first kappa shape index (κ1) is 20.6. The van der Waals surface area contributed by atoms with Gasteiger partial charge in [0.2, 0.25) is 5.95 Å². The average molecular weight is 406 g/mol. The third kappa shape index (κ3) is 5.07. The van der Waals surface area contributed by atoms with Gasteiger partial charge in [-0.05, 0) is 73.3 Å². The molecule has 0 saturated carbocycles. The SMILES string of the molecule is CCc1cnc(N2CCC(COc3ccc(C4=CCC(C=O)CC4)cc3)CC2)nc1. The summed E-state index contributed by atoms with van der Waals surface area (Å²) in [4.78, 5) is 22.2. The normalized spacial score (nSPS) is 20.0. The maximum Gasteiger partial charge on any atom is 0.225 e. The Morgan fingerprint density at radius 2 is 1.83 bits per heavy atom. The molecule has 5 heteroatoms. The number of anilines is 1. The summed E-state index contributed by atoms with van der Waals surface area (Å²) >= 11 is 0. The molecule has 5 nitrogen and oxygen atoms in total. The molecule has 0 radical (unpaired) electrons. The molecule has 1 aromatic heterocycles. The van der Waals surface area contributed by atoms with Crippen LogP contribution < -0.4 is 9.64 Å². The lowest BCUT2D eigenvalue weighted by atomic mass is 9.87. The summed E-state index contributed by atoms with van der Waals surface area (Å²) in [5.41, 5.74) is 3.77. The Hall–Kier alpha value is -2.69. The highest BCUT2D eigenvalue weighted by Crippen LogP contribution is 2.30. The van der Waals surface area contributed by atoms with E-state index in [1.165, 1.54) is 16.7 Å². The number of rotatable bonds is 7. The molecule has 2 aliphatic rings. The maximum atomic E-state index is 10.9. The zero-order valence-electron chi connectivity index (χ0n) is 17.8. The van der Waals surface area contributed by atoms with Crippen molar-refractivity contribution >= 4 is 17.8 Å². The minimum atomic E-state index is 0.199. The Kier molecular flexibility index (Phi) is 6.77. The van der Waals surface area contributed by atoms with Crippen LogP contribution in [0.1, 0.15) is 50.2 Å². The van der Waals surface area contributed by atoms with Crippen molar-refractivity contribution in [1.29, 1.82) is 0 Å². The van der Waals surface area contributed by atoms with Gasteiger partial charge in [0.25, 0.3) is 0 Å². The van der Waals surface area contributed by atoms with Crippen LogP contribution in [0.4, 0.5) is 5.95 Å². The summed E-state index contributed by atoms with van der Waals surface area (Å²) in [6.45, 7) is 4.84. The lowest BCUT2D eigenvalue weighted by Crippen LogP contribution is -2.36. The second kappa shape index (κ2) is 9.88. The van der Waals surface area contributed by atoms with Crippen molar-refractivity contribution in [2.75, 3.05) is 24.6 Å². The molecular formula is C25H31N3O2. The van der Waals surface area contributed by atoms with Crippen LogP contribution in [0, 0.1) is 11.8 Å². The molecule has 0 amide bonds. The van der Waals surface area contributed by atoms with E-state index in [1.807, 2.05) is 12.4 Å². The van der Waals surface area contributed by atoms with E-state index in [-0.39, 0.29) is 5.92 Å². The number of piperidine rings is 1. The molecule has 30 heavy (non-hydrogen) atoms. The summed E-state index contributed by atoms with van der Waals surface area (Å²) in [6.07, 6.45) is 13.1. The van der Waals surface area contributed by atoms with Crippen LogP contribution in [0.2, 0.25) is 0 Å². The number of allylic oxidation sites excluding steroid dienone is 2. The van der Waals surface area contributed by atoms with Gasteiger partial charge in [0, 0.05) is 31.4 Å². The minimum absolute atomic E-state index is 0.199. The number of hydrogen-bond donors (Lipinski definition) is 0. The van der Waals surface area contributed by atoms with Gasteiger partial charge in [0.1, 0.15) is 12.0 Å². The monoisotopic (exact) mass is 405 g/mol. The van der Waals surface area contributed by atoms with Crippen molar-refractivity contribution < 1.29 is 9.53 Å². The summed E-state index contributed by atoms with van der Waals surface area (Å²) in [5, 5.41) is 0. The Morgan fingerprint density at radius 1 is 1.10 bits per heavy atom. The fourth-order valence-corrected chi connectivity index (χ4v) is 4.21. The zero-order chi connectivity index (χ0) is 20.8. The highest BCUT2D eigenvalue weighted by molar-refractivity contribution is 5.68. The number of nitrogens with zero attached hydrogens (tertiary/aromatic N) is 3. The molecule has 0 bridgehead atoms. The average Bonchev–Trinajstić information content (AvgIpc) is 2.83. The van der Waals surface area contributed by atoms with Gasteiger partial charge in [0.05, 0.1) is 6.61 Å². The third-order valence-corrected chi connectivity index (χ3v) is 6.35. The number of ether oxygens (including phenoxy) is 1. The predicted octanol–water partition coefficient (Wildman–Crippen LogP) is 4.72. The van der Waals surface area contributed by atoms with Crippen molar-refractivity contribution in [1.82, 2.24) is 9.97 Å². The number of benzene rings is 1. The van der Waals surface area contributed by atoms with E-state index in [9.17, 15) is 4.79 Å². The van der Waals surface area contributed by atoms with Gasteiger partial charge >= 0.3 is 0 Å². The van der Waals surface area contributed by atoms with Crippen molar-refractivity contribution in [2.45, 2.75) is 45.4 Å². The highest BCUT2D eigenvalue weighted by atomic mass is 16.5. The quantitative estimate of drug-likeness (QED) is 0.624. The predicted molar refractivity (Wildman–Crippen MR) is 120 cm³/mol. The summed E-state index contributed by atoms with van der Waals surface area (Å²) < 4.78 is 6.08. The number of aryl methyl sites for hydroxylation is 1. The van der Waals surface area contributed by atoms with Gasteiger partial charge in [0.15, 0.2) is 0 Å². The standard InChI is InChI=1S/C25H31N3O2/c1-2-19-15-26-25(27-16-19)28-13-11-21(12-14-28)18-30-24-9-7-23(8-10-24)22-5-3-20(17-29)4-6-22/h5,7-10,15-17,20-21H,2-4,6,11-14,18H2,1H3. The van der Waals surface area contributed by atoms with Gasteiger partial charge in [-0.3, -0.25) is 0 Å². The van der Waals surface area contributed by atoms with Gasteiger partial charge in [-0.1, -0.05) is 25.1 Å². The van der Waals surface area contributed by atoms with Crippen LogP contribution in [-0.4, -0.2) is 36.0 Å². The van der Waals surface area contributed by atoms with Crippen LogP contribution in [0.5, 0.6) is 5.75 Å². The van der Waals surface area contributed by atoms with E-state index in [1.54, 1.807) is 0 Å². The Morgan fingerprint density at radius 3 is 2.43 bits per heavy atom. The van der Waals surface area contributed by atoms with E-state index < -0.39 is 0 Å². The zero-order valence-corrected chi connectivity index (χ0v) is 17.8. The summed E-state index contributed by atoms with van der Waals surface area (Å²) in [5.74, 6) is 2.54. The Labute approximate surface area is 179 Å². The number of aldehydes is 1. The Bertz CT molecular complexity index is 853. The topological polar surface area (TPSA) is 55.3 Å². The van der Waals surface area contributed by atoms with Gasteiger partial charge < -0.3 is 14.4 Å². The largest absolute Gasteiger partial charge is 0.493 e. The molecule has 0 N–H and O–H groups in total. The minimum Gasteiger partial charge on any atom is -0.493 e. The molecule has 1 aromatic carbocycles. The fourth-order valence-electron chi connectivity index (χ4n) is 4.21. The molecule has 2 heterocycles. The summed E-state index contributed by atoms with van der Waals surface area (Å²) in [6, 6.07) is 8.42. The van der Waals surface area contributed by atoms with E-state index in [2.05, 4.69) is 52.1 Å². The molecule has 4 rings (SSSR count). The van der Waals surface area contributed by atoms with E-state index >= 15 is 0 Å². The first-order valence-electron chi connectivity index (χ1n) is 11.2. The van der Waals surface area contributed by atoms with E-state index in [4.69, 9.17) is 4.74 Å². The summed E-state index contributed by atoms with van der Waals surface area (Å²) in [7, 11) is 0. The molecule has 1 unspecified atom stereocenters. The fraction of sp³-hybridized carbons (Fsp3) is 0.480. The first-order valence-corrected chi connectivity index (χ1v) is 11.2. The Balaban J connectivity index is 1.23. The smallest absolute Gasteiger partial charge is 0.225 e. The number of carbonyl (C=O) groups excluding carboxylic acids is 1. The van der Waals surface area contributed by atoms with Crippen LogP contribution >= 0.6 is 0 Å².